The van der Waals surface area contributed by atoms with Crippen molar-refractivity contribution in [3.63, 3.8) is 0 Å². The Bertz CT molecular complexity index is 526. The van der Waals surface area contributed by atoms with Crippen LogP contribution in [0.1, 0.15) is 25.1 Å². The number of benzene rings is 1. The Hall–Kier alpha value is -1.68. The van der Waals surface area contributed by atoms with Gasteiger partial charge in [-0.1, -0.05) is 36.8 Å². The van der Waals surface area contributed by atoms with Crippen LogP contribution < -0.4 is 0 Å². The highest BCUT2D eigenvalue weighted by Gasteiger charge is 2.15. The van der Waals surface area contributed by atoms with Crippen LogP contribution in [0.25, 0.3) is 11.4 Å². The summed E-state index contributed by atoms with van der Waals surface area (Å²) < 4.78 is 1.91. The zero-order chi connectivity index (χ0) is 13.1. The summed E-state index contributed by atoms with van der Waals surface area (Å²) in [6.45, 7) is 3.29. The van der Waals surface area contributed by atoms with Gasteiger partial charge in [-0.05, 0) is 25.9 Å². The van der Waals surface area contributed by atoms with Gasteiger partial charge < -0.3 is 0 Å². The van der Waals surface area contributed by atoms with Gasteiger partial charge in [0.2, 0.25) is 0 Å². The maximum atomic E-state index is 4.68. The summed E-state index contributed by atoms with van der Waals surface area (Å²) >= 11 is 0. The molecule has 0 atom stereocenters. The second-order valence-electron chi connectivity index (χ2n) is 5.18. The summed E-state index contributed by atoms with van der Waals surface area (Å²) in [6.07, 6.45) is 3.98. The van der Waals surface area contributed by atoms with E-state index < -0.39 is 0 Å². The van der Waals surface area contributed by atoms with E-state index in [2.05, 4.69) is 27.1 Å². The van der Waals surface area contributed by atoms with Crippen LogP contribution in [0, 0.1) is 0 Å². The first-order valence-electron chi connectivity index (χ1n) is 7.00. The molecule has 1 saturated heterocycles. The van der Waals surface area contributed by atoms with Gasteiger partial charge in [-0.15, -0.1) is 0 Å². The summed E-state index contributed by atoms with van der Waals surface area (Å²) in [6, 6.07) is 10.2. The Labute approximate surface area is 114 Å². The van der Waals surface area contributed by atoms with Gasteiger partial charge in [0.15, 0.2) is 5.82 Å². The van der Waals surface area contributed by atoms with Crippen molar-refractivity contribution in [3.05, 3.63) is 36.2 Å². The molecule has 2 aromatic rings. The minimum Gasteiger partial charge on any atom is -0.296 e. The van der Waals surface area contributed by atoms with E-state index in [-0.39, 0.29) is 0 Å². The van der Waals surface area contributed by atoms with Crippen LogP contribution in [-0.4, -0.2) is 32.8 Å². The van der Waals surface area contributed by atoms with Crippen molar-refractivity contribution in [2.75, 3.05) is 13.1 Å². The molecule has 1 aromatic carbocycles. The van der Waals surface area contributed by atoms with Gasteiger partial charge in [-0.3, -0.25) is 9.58 Å². The molecule has 0 spiro atoms. The average Bonchev–Trinajstić information content (AvgIpc) is 2.82. The lowest BCUT2D eigenvalue weighted by atomic mass is 10.1. The van der Waals surface area contributed by atoms with Crippen molar-refractivity contribution in [2.45, 2.75) is 25.8 Å². The molecule has 100 valence electrons. The third-order valence-electron chi connectivity index (χ3n) is 3.70. The average molecular weight is 256 g/mol. The predicted octanol–water partition coefficient (Wildman–Crippen LogP) is 2.47. The Kier molecular flexibility index (Phi) is 3.60. The van der Waals surface area contributed by atoms with Gasteiger partial charge in [-0.2, -0.15) is 5.10 Å². The van der Waals surface area contributed by atoms with E-state index in [0.717, 1.165) is 23.8 Å². The molecular formula is C15H20N4. The summed E-state index contributed by atoms with van der Waals surface area (Å²) in [7, 11) is 1.98. The minimum atomic E-state index is 0.829. The molecule has 4 nitrogen and oxygen atoms in total. The quantitative estimate of drug-likeness (QED) is 0.846. The molecule has 1 fully saturated rings. The maximum Gasteiger partial charge on any atom is 0.181 e. The largest absolute Gasteiger partial charge is 0.296 e. The standard InChI is InChI=1S/C15H20N4/c1-18-14(12-19-10-6-3-7-11-19)16-15(17-18)13-8-4-2-5-9-13/h2,4-5,8-9H,3,6-7,10-12H2,1H3. The van der Waals surface area contributed by atoms with Crippen LogP contribution >= 0.6 is 0 Å². The predicted molar refractivity (Wildman–Crippen MR) is 75.6 cm³/mol. The first-order valence-corrected chi connectivity index (χ1v) is 7.00. The molecule has 0 unspecified atom stereocenters. The molecular weight excluding hydrogens is 236 g/mol. The molecule has 0 amide bonds. The third-order valence-corrected chi connectivity index (χ3v) is 3.70. The molecule has 1 aliphatic heterocycles. The molecule has 4 heteroatoms. The highest BCUT2D eigenvalue weighted by Crippen LogP contribution is 2.16. The maximum absolute atomic E-state index is 4.68. The molecule has 19 heavy (non-hydrogen) atoms. The first kappa shape index (κ1) is 12.4. The summed E-state index contributed by atoms with van der Waals surface area (Å²) in [5.74, 6) is 1.89. The van der Waals surface area contributed by atoms with Gasteiger partial charge in [-0.25, -0.2) is 4.98 Å². The highest BCUT2D eigenvalue weighted by molar-refractivity contribution is 5.53. The second kappa shape index (κ2) is 5.53. The summed E-state index contributed by atoms with van der Waals surface area (Å²) in [4.78, 5) is 7.16. The first-order chi connectivity index (χ1) is 9.33. The van der Waals surface area contributed by atoms with Gasteiger partial charge in [0.05, 0.1) is 6.54 Å². The van der Waals surface area contributed by atoms with Crippen LogP contribution in [0.3, 0.4) is 0 Å². The minimum absolute atomic E-state index is 0.829. The Morgan fingerprint density at radius 2 is 1.79 bits per heavy atom. The third kappa shape index (κ3) is 2.84. The van der Waals surface area contributed by atoms with Crippen molar-refractivity contribution in [1.29, 1.82) is 0 Å². The molecule has 3 rings (SSSR count). The lowest BCUT2D eigenvalue weighted by Crippen LogP contribution is -2.30. The van der Waals surface area contributed by atoms with Gasteiger partial charge in [0.25, 0.3) is 0 Å². The van der Waals surface area contributed by atoms with E-state index in [1.54, 1.807) is 0 Å². The topological polar surface area (TPSA) is 34.0 Å². The fraction of sp³-hybridized carbons (Fsp3) is 0.467. The van der Waals surface area contributed by atoms with E-state index in [0.29, 0.717) is 0 Å². The van der Waals surface area contributed by atoms with Crippen LogP contribution in [0.4, 0.5) is 0 Å². The molecule has 0 radical (unpaired) electrons. The fourth-order valence-corrected chi connectivity index (χ4v) is 2.58. The number of rotatable bonds is 3. The molecule has 2 heterocycles. The van der Waals surface area contributed by atoms with E-state index in [1.807, 2.05) is 29.9 Å². The normalized spacial score (nSPS) is 16.7. The fourth-order valence-electron chi connectivity index (χ4n) is 2.58. The van der Waals surface area contributed by atoms with Crippen molar-refractivity contribution < 1.29 is 0 Å². The number of likely N-dealkylation sites (tertiary alicyclic amines) is 1. The Morgan fingerprint density at radius 3 is 2.53 bits per heavy atom. The van der Waals surface area contributed by atoms with Crippen LogP contribution in [-0.2, 0) is 13.6 Å². The summed E-state index contributed by atoms with van der Waals surface area (Å²) in [5, 5.41) is 4.53. The van der Waals surface area contributed by atoms with Crippen LogP contribution in [0.15, 0.2) is 30.3 Å². The van der Waals surface area contributed by atoms with Gasteiger partial charge >= 0.3 is 0 Å². The van der Waals surface area contributed by atoms with E-state index in [1.165, 1.54) is 32.4 Å². The molecule has 1 aromatic heterocycles. The number of aromatic nitrogens is 3. The van der Waals surface area contributed by atoms with Crippen LogP contribution in [0.5, 0.6) is 0 Å². The number of hydrogen-bond acceptors (Lipinski definition) is 3. The van der Waals surface area contributed by atoms with E-state index in [9.17, 15) is 0 Å². The van der Waals surface area contributed by atoms with Crippen molar-refractivity contribution in [2.24, 2.45) is 7.05 Å². The van der Waals surface area contributed by atoms with Crippen molar-refractivity contribution in [1.82, 2.24) is 19.7 Å². The zero-order valence-corrected chi connectivity index (χ0v) is 11.4. The molecule has 0 saturated carbocycles. The molecule has 0 N–H and O–H groups in total. The zero-order valence-electron chi connectivity index (χ0n) is 11.4. The Balaban J connectivity index is 1.77. The lowest BCUT2D eigenvalue weighted by molar-refractivity contribution is 0.213. The number of piperidine rings is 1. The summed E-state index contributed by atoms with van der Waals surface area (Å²) in [5.41, 5.74) is 1.09. The molecule has 0 bridgehead atoms. The number of aryl methyl sites for hydroxylation is 1. The van der Waals surface area contributed by atoms with Gasteiger partial charge in [0.1, 0.15) is 5.82 Å². The van der Waals surface area contributed by atoms with Crippen molar-refractivity contribution in [3.8, 4) is 11.4 Å². The molecule has 0 aliphatic carbocycles. The highest BCUT2D eigenvalue weighted by atomic mass is 15.3. The monoisotopic (exact) mass is 256 g/mol. The van der Waals surface area contributed by atoms with E-state index in [4.69, 9.17) is 0 Å². The lowest BCUT2D eigenvalue weighted by Gasteiger charge is -2.25. The Morgan fingerprint density at radius 1 is 1.05 bits per heavy atom. The van der Waals surface area contributed by atoms with Crippen molar-refractivity contribution >= 4 is 0 Å². The molecule has 1 aliphatic rings. The SMILES string of the molecule is Cn1nc(-c2ccccc2)nc1CN1CCCCC1. The van der Waals surface area contributed by atoms with Gasteiger partial charge in [0, 0.05) is 12.6 Å². The second-order valence-corrected chi connectivity index (χ2v) is 5.18. The van der Waals surface area contributed by atoms with E-state index >= 15 is 0 Å². The number of nitrogens with zero attached hydrogens (tertiary/aromatic N) is 4. The smallest absolute Gasteiger partial charge is 0.181 e. The van der Waals surface area contributed by atoms with Crippen LogP contribution in [0.2, 0.25) is 0 Å². The number of hydrogen-bond donors (Lipinski definition) is 0.